The number of rotatable bonds is 1. The maximum absolute atomic E-state index is 10.6. The number of likely N-dealkylation sites (tertiary alicyclic amines) is 1. The molecule has 8 heavy (non-hydrogen) atoms. The van der Waals surface area contributed by atoms with Crippen LogP contribution in [-0.4, -0.2) is 37.6 Å². The van der Waals surface area contributed by atoms with E-state index in [-0.39, 0.29) is 12.0 Å². The summed E-state index contributed by atoms with van der Waals surface area (Å²) in [5.74, 6) is 0.0903. The molecule has 0 aliphatic carbocycles. The van der Waals surface area contributed by atoms with Crippen LogP contribution in [0.5, 0.6) is 0 Å². The Balaban J connectivity index is 2.36. The number of amides is 1. The molecule has 1 rings (SSSR count). The van der Waals surface area contributed by atoms with Gasteiger partial charge >= 0.3 is 0 Å². The molecule has 1 fully saturated rings. The third-order valence-corrected chi connectivity index (χ3v) is 1.38. The van der Waals surface area contributed by atoms with Crippen molar-refractivity contribution >= 4 is 5.91 Å². The summed E-state index contributed by atoms with van der Waals surface area (Å²) in [4.78, 5) is 12.2. The fourth-order valence-corrected chi connectivity index (χ4v) is 0.726. The van der Waals surface area contributed by atoms with Crippen LogP contribution in [0.2, 0.25) is 0 Å². The van der Waals surface area contributed by atoms with E-state index in [1.54, 1.807) is 19.1 Å². The van der Waals surface area contributed by atoms with Crippen molar-refractivity contribution in [1.29, 1.82) is 0 Å². The summed E-state index contributed by atoms with van der Waals surface area (Å²) in [6, 6.07) is 0. The molecule has 1 aliphatic heterocycles. The molecule has 1 heterocycles. The summed E-state index contributed by atoms with van der Waals surface area (Å²) in [5, 5.41) is 0. The number of hydrogen-bond donors (Lipinski definition) is 0. The number of carbonyl (C=O) groups excluding carboxylic acids is 1. The molecule has 3 nitrogen and oxygen atoms in total. The summed E-state index contributed by atoms with van der Waals surface area (Å²) >= 11 is 0. The van der Waals surface area contributed by atoms with E-state index in [9.17, 15) is 4.79 Å². The molecule has 0 saturated carbocycles. The minimum absolute atomic E-state index is 0.0903. The number of carbonyl (C=O) groups is 1. The van der Waals surface area contributed by atoms with E-state index in [1.165, 1.54) is 0 Å². The Bertz CT molecular complexity index is 113. The van der Waals surface area contributed by atoms with Gasteiger partial charge in [0.2, 0.25) is 0 Å². The Kier molecular flexibility index (Phi) is 1.21. The van der Waals surface area contributed by atoms with Crippen molar-refractivity contribution in [3.8, 4) is 0 Å². The normalized spacial score (nSPS) is 28.0. The van der Waals surface area contributed by atoms with Crippen molar-refractivity contribution in [2.75, 3.05) is 20.7 Å². The Hall–Kier alpha value is -0.570. The van der Waals surface area contributed by atoms with Gasteiger partial charge in [-0.05, 0) is 0 Å². The fourth-order valence-electron chi connectivity index (χ4n) is 0.726. The van der Waals surface area contributed by atoms with Gasteiger partial charge in [-0.2, -0.15) is 0 Å². The smallest absolute Gasteiger partial charge is 0.253 e. The summed E-state index contributed by atoms with van der Waals surface area (Å²) in [5.41, 5.74) is 0. The first kappa shape index (κ1) is 5.56. The van der Waals surface area contributed by atoms with E-state index < -0.39 is 0 Å². The molecule has 1 unspecified atom stereocenters. The van der Waals surface area contributed by atoms with Crippen LogP contribution in [0.1, 0.15) is 0 Å². The van der Waals surface area contributed by atoms with Gasteiger partial charge in [0.1, 0.15) is 0 Å². The minimum Gasteiger partial charge on any atom is -0.370 e. The van der Waals surface area contributed by atoms with Crippen LogP contribution in [0.15, 0.2) is 0 Å². The maximum atomic E-state index is 10.6. The molecular formula is C5H9NO2. The van der Waals surface area contributed by atoms with Gasteiger partial charge in [0.05, 0.1) is 6.54 Å². The highest BCUT2D eigenvalue weighted by atomic mass is 16.5. The average molecular weight is 115 g/mol. The third kappa shape index (κ3) is 0.591. The molecule has 0 aromatic heterocycles. The highest BCUT2D eigenvalue weighted by molar-refractivity contribution is 5.86. The number of methoxy groups -OCH3 is 1. The quantitative estimate of drug-likeness (QED) is 0.430. The van der Waals surface area contributed by atoms with Gasteiger partial charge in [-0.15, -0.1) is 0 Å². The second-order valence-electron chi connectivity index (χ2n) is 1.94. The van der Waals surface area contributed by atoms with Crippen LogP contribution in [-0.2, 0) is 9.53 Å². The van der Waals surface area contributed by atoms with Crippen LogP contribution in [0, 0.1) is 0 Å². The zero-order valence-electron chi connectivity index (χ0n) is 5.05. The predicted molar refractivity (Wildman–Crippen MR) is 28.4 cm³/mol. The topological polar surface area (TPSA) is 29.5 Å². The molecule has 0 aromatic rings. The molecule has 1 saturated heterocycles. The second kappa shape index (κ2) is 1.74. The first-order chi connectivity index (χ1) is 3.75. The van der Waals surface area contributed by atoms with Crippen molar-refractivity contribution in [2.24, 2.45) is 0 Å². The standard InChI is InChI=1S/C5H9NO2/c1-6-3-4(8-2)5(6)7/h4H,3H2,1-2H3. The van der Waals surface area contributed by atoms with Crippen LogP contribution in [0.25, 0.3) is 0 Å². The van der Waals surface area contributed by atoms with Crippen LogP contribution in [0.3, 0.4) is 0 Å². The average Bonchev–Trinajstić information content (AvgIpc) is 1.81. The predicted octanol–water partition coefficient (Wildman–Crippen LogP) is -0.527. The zero-order valence-corrected chi connectivity index (χ0v) is 5.05. The Morgan fingerprint density at radius 3 is 2.62 bits per heavy atom. The number of ether oxygens (including phenoxy) is 1. The van der Waals surface area contributed by atoms with E-state index >= 15 is 0 Å². The van der Waals surface area contributed by atoms with Gasteiger partial charge in [-0.25, -0.2) is 0 Å². The lowest BCUT2D eigenvalue weighted by atomic mass is 10.2. The van der Waals surface area contributed by atoms with Gasteiger partial charge in [0.15, 0.2) is 6.10 Å². The SMILES string of the molecule is COC1CN(C)C1=O. The van der Waals surface area contributed by atoms with Crippen molar-refractivity contribution in [1.82, 2.24) is 4.90 Å². The van der Waals surface area contributed by atoms with Crippen LogP contribution < -0.4 is 0 Å². The lowest BCUT2D eigenvalue weighted by Crippen LogP contribution is -2.54. The molecule has 1 atom stereocenters. The van der Waals surface area contributed by atoms with Gasteiger partial charge < -0.3 is 9.64 Å². The van der Waals surface area contributed by atoms with Crippen molar-refractivity contribution < 1.29 is 9.53 Å². The number of hydrogen-bond acceptors (Lipinski definition) is 2. The fraction of sp³-hybridized carbons (Fsp3) is 0.800. The minimum atomic E-state index is -0.153. The molecule has 0 radical (unpaired) electrons. The highest BCUT2D eigenvalue weighted by Gasteiger charge is 2.33. The van der Waals surface area contributed by atoms with Crippen molar-refractivity contribution in [3.05, 3.63) is 0 Å². The molecular weight excluding hydrogens is 106 g/mol. The van der Waals surface area contributed by atoms with Gasteiger partial charge in [-0.1, -0.05) is 0 Å². The molecule has 0 bridgehead atoms. The number of nitrogens with zero attached hydrogens (tertiary/aromatic N) is 1. The first-order valence-corrected chi connectivity index (χ1v) is 2.53. The van der Waals surface area contributed by atoms with Gasteiger partial charge in [0.25, 0.3) is 5.91 Å². The molecule has 1 amide bonds. The zero-order chi connectivity index (χ0) is 6.15. The van der Waals surface area contributed by atoms with Gasteiger partial charge in [-0.3, -0.25) is 4.79 Å². The molecule has 0 aromatic carbocycles. The molecule has 1 aliphatic rings. The Labute approximate surface area is 48.2 Å². The largest absolute Gasteiger partial charge is 0.370 e. The van der Waals surface area contributed by atoms with E-state index in [4.69, 9.17) is 4.74 Å². The van der Waals surface area contributed by atoms with Crippen molar-refractivity contribution in [3.63, 3.8) is 0 Å². The molecule has 0 spiro atoms. The second-order valence-corrected chi connectivity index (χ2v) is 1.94. The molecule has 46 valence electrons. The van der Waals surface area contributed by atoms with E-state index in [2.05, 4.69) is 0 Å². The summed E-state index contributed by atoms with van der Waals surface area (Å²) in [7, 11) is 3.31. The summed E-state index contributed by atoms with van der Waals surface area (Å²) < 4.78 is 4.78. The van der Waals surface area contributed by atoms with Crippen LogP contribution in [0.4, 0.5) is 0 Å². The monoisotopic (exact) mass is 115 g/mol. The van der Waals surface area contributed by atoms with Crippen molar-refractivity contribution in [2.45, 2.75) is 6.10 Å². The maximum Gasteiger partial charge on any atom is 0.253 e. The van der Waals surface area contributed by atoms with Crippen LogP contribution >= 0.6 is 0 Å². The Morgan fingerprint density at radius 2 is 2.50 bits per heavy atom. The first-order valence-electron chi connectivity index (χ1n) is 2.53. The number of β-lactam (4-membered cyclic amide) rings is 1. The summed E-state index contributed by atoms with van der Waals surface area (Å²) in [6.45, 7) is 0.745. The Morgan fingerprint density at radius 1 is 1.88 bits per heavy atom. The molecule has 3 heteroatoms. The summed E-state index contributed by atoms with van der Waals surface area (Å²) in [6.07, 6.45) is -0.153. The van der Waals surface area contributed by atoms with E-state index in [0.717, 1.165) is 6.54 Å². The third-order valence-electron chi connectivity index (χ3n) is 1.38. The lowest BCUT2D eigenvalue weighted by Gasteiger charge is -2.33. The van der Waals surface area contributed by atoms with Gasteiger partial charge in [0, 0.05) is 14.2 Å². The number of likely N-dealkylation sites (N-methyl/N-ethyl adjacent to an activating group) is 1. The molecule has 0 N–H and O–H groups in total. The highest BCUT2D eigenvalue weighted by Crippen LogP contribution is 2.08. The van der Waals surface area contributed by atoms with E-state index in [0.29, 0.717) is 0 Å². The lowest BCUT2D eigenvalue weighted by molar-refractivity contribution is -0.156. The van der Waals surface area contributed by atoms with E-state index in [1.807, 2.05) is 0 Å².